The highest BCUT2D eigenvalue weighted by atomic mass is 35.5. The number of hydrogen-bond donors (Lipinski definition) is 2. The number of rotatable bonds is 4. The van der Waals surface area contributed by atoms with Crippen LogP contribution in [0.15, 0.2) is 54.7 Å². The fraction of sp³-hybridized carbons (Fsp3) is 0.150. The lowest BCUT2D eigenvalue weighted by molar-refractivity contribution is -0.123. The molecule has 0 spiro atoms. The summed E-state index contributed by atoms with van der Waals surface area (Å²) in [5, 5.41) is 10.9. The van der Waals surface area contributed by atoms with Crippen molar-refractivity contribution in [2.75, 3.05) is 10.6 Å². The molecule has 0 saturated carbocycles. The Bertz CT molecular complexity index is 1060. The third-order valence-corrected chi connectivity index (χ3v) is 5.49. The van der Waals surface area contributed by atoms with Crippen molar-refractivity contribution < 1.29 is 9.59 Å². The molecule has 0 saturated heterocycles. The number of nitrogens with zero attached hydrogens (tertiary/aromatic N) is 2. The number of para-hydroxylation sites is 1. The minimum absolute atomic E-state index is 0.0944. The maximum Gasteiger partial charge on any atom is 0.233 e. The van der Waals surface area contributed by atoms with E-state index >= 15 is 0 Å². The number of amides is 2. The van der Waals surface area contributed by atoms with Gasteiger partial charge in [-0.05, 0) is 23.3 Å². The molecular formula is C20H16Cl2N4O2. The van der Waals surface area contributed by atoms with Gasteiger partial charge >= 0.3 is 0 Å². The van der Waals surface area contributed by atoms with Crippen molar-refractivity contribution in [2.24, 2.45) is 0 Å². The molecular weight excluding hydrogens is 399 g/mol. The summed E-state index contributed by atoms with van der Waals surface area (Å²) >= 11 is 12.3. The SMILES string of the molecule is O=C1C[C@@H](C(=O)Nc2ccnn2Cc2cccc(Cl)c2Cl)c2ccccc2N1. The maximum atomic E-state index is 12.9. The largest absolute Gasteiger partial charge is 0.326 e. The second-order valence-corrected chi connectivity index (χ2v) is 7.25. The molecule has 2 aromatic carbocycles. The normalized spacial score (nSPS) is 15.6. The van der Waals surface area contributed by atoms with Crippen molar-refractivity contribution >= 4 is 46.5 Å². The van der Waals surface area contributed by atoms with Gasteiger partial charge in [-0.3, -0.25) is 9.59 Å². The molecule has 0 bridgehead atoms. The van der Waals surface area contributed by atoms with Crippen LogP contribution < -0.4 is 10.6 Å². The van der Waals surface area contributed by atoms with Crippen molar-refractivity contribution in [1.82, 2.24) is 9.78 Å². The molecule has 3 aromatic rings. The van der Waals surface area contributed by atoms with Crippen LogP contribution >= 0.6 is 23.2 Å². The molecule has 1 aliphatic heterocycles. The van der Waals surface area contributed by atoms with Crippen LogP contribution in [-0.4, -0.2) is 21.6 Å². The van der Waals surface area contributed by atoms with E-state index in [4.69, 9.17) is 23.2 Å². The van der Waals surface area contributed by atoms with Crippen molar-refractivity contribution in [2.45, 2.75) is 18.9 Å². The van der Waals surface area contributed by atoms with Crippen LogP contribution in [0.2, 0.25) is 10.0 Å². The maximum absolute atomic E-state index is 12.9. The third kappa shape index (κ3) is 3.61. The summed E-state index contributed by atoms with van der Waals surface area (Å²) in [5.41, 5.74) is 2.25. The summed E-state index contributed by atoms with van der Waals surface area (Å²) in [6.07, 6.45) is 1.69. The van der Waals surface area contributed by atoms with Gasteiger partial charge in [-0.2, -0.15) is 5.10 Å². The van der Waals surface area contributed by atoms with Gasteiger partial charge in [0.25, 0.3) is 0 Å². The Hall–Kier alpha value is -2.83. The van der Waals surface area contributed by atoms with E-state index in [1.54, 1.807) is 29.1 Å². The van der Waals surface area contributed by atoms with E-state index in [0.717, 1.165) is 11.1 Å². The van der Waals surface area contributed by atoms with Gasteiger partial charge in [-0.15, -0.1) is 0 Å². The van der Waals surface area contributed by atoms with Crippen LogP contribution in [0.5, 0.6) is 0 Å². The smallest absolute Gasteiger partial charge is 0.233 e. The van der Waals surface area contributed by atoms with Gasteiger partial charge < -0.3 is 10.6 Å². The molecule has 6 nitrogen and oxygen atoms in total. The molecule has 2 amide bonds. The lowest BCUT2D eigenvalue weighted by Gasteiger charge is -2.24. The zero-order chi connectivity index (χ0) is 19.7. The van der Waals surface area contributed by atoms with E-state index < -0.39 is 5.92 Å². The zero-order valence-electron chi connectivity index (χ0n) is 14.7. The first kappa shape index (κ1) is 18.5. The summed E-state index contributed by atoms with van der Waals surface area (Å²) in [6, 6.07) is 14.4. The molecule has 2 heterocycles. The van der Waals surface area contributed by atoms with E-state index in [1.807, 2.05) is 30.3 Å². The molecule has 28 heavy (non-hydrogen) atoms. The number of nitrogens with one attached hydrogen (secondary N) is 2. The fourth-order valence-electron chi connectivity index (χ4n) is 3.26. The molecule has 2 N–H and O–H groups in total. The van der Waals surface area contributed by atoms with E-state index in [2.05, 4.69) is 15.7 Å². The van der Waals surface area contributed by atoms with Gasteiger partial charge in [0.2, 0.25) is 11.8 Å². The number of carbonyl (C=O) groups is 2. The Balaban J connectivity index is 1.56. The second kappa shape index (κ2) is 7.66. The standard InChI is InChI=1S/C20H16Cl2N4O2/c21-15-6-3-4-12(19(15)22)11-26-17(8-9-23-26)25-20(28)14-10-18(27)24-16-7-2-1-5-13(14)16/h1-9,14H,10-11H2,(H,24,27)(H,25,28)/t14-/m1/s1. The van der Waals surface area contributed by atoms with Crippen molar-refractivity contribution in [3.05, 3.63) is 75.9 Å². The van der Waals surface area contributed by atoms with Crippen LogP contribution in [0.4, 0.5) is 11.5 Å². The first-order valence-electron chi connectivity index (χ1n) is 8.67. The predicted molar refractivity (Wildman–Crippen MR) is 109 cm³/mol. The molecule has 4 rings (SSSR count). The molecule has 0 unspecified atom stereocenters. The highest BCUT2D eigenvalue weighted by Gasteiger charge is 2.30. The Labute approximate surface area is 171 Å². The van der Waals surface area contributed by atoms with E-state index in [1.165, 1.54) is 0 Å². The molecule has 1 atom stereocenters. The molecule has 0 fully saturated rings. The van der Waals surface area contributed by atoms with Crippen molar-refractivity contribution in [3.8, 4) is 0 Å². The van der Waals surface area contributed by atoms with Crippen molar-refractivity contribution in [1.29, 1.82) is 0 Å². The average Bonchev–Trinajstić information content (AvgIpc) is 3.11. The average molecular weight is 415 g/mol. The Morgan fingerprint density at radius 3 is 2.86 bits per heavy atom. The Kier molecular flexibility index (Phi) is 5.07. The number of benzene rings is 2. The Morgan fingerprint density at radius 2 is 2.00 bits per heavy atom. The van der Waals surface area contributed by atoms with Crippen LogP contribution in [-0.2, 0) is 16.1 Å². The van der Waals surface area contributed by atoms with Crippen LogP contribution in [0.3, 0.4) is 0 Å². The minimum atomic E-state index is -0.567. The highest BCUT2D eigenvalue weighted by Crippen LogP contribution is 2.33. The number of halogens is 2. The minimum Gasteiger partial charge on any atom is -0.326 e. The lowest BCUT2D eigenvalue weighted by Crippen LogP contribution is -2.31. The van der Waals surface area contributed by atoms with Crippen molar-refractivity contribution in [3.63, 3.8) is 0 Å². The van der Waals surface area contributed by atoms with Gasteiger partial charge in [0.1, 0.15) is 5.82 Å². The molecule has 1 aliphatic rings. The molecule has 8 heteroatoms. The summed E-state index contributed by atoms with van der Waals surface area (Å²) in [6.45, 7) is 0.351. The van der Waals surface area contributed by atoms with E-state index in [0.29, 0.717) is 28.1 Å². The first-order chi connectivity index (χ1) is 13.5. The second-order valence-electron chi connectivity index (χ2n) is 6.47. The lowest BCUT2D eigenvalue weighted by atomic mass is 9.90. The molecule has 0 radical (unpaired) electrons. The van der Waals surface area contributed by atoms with Gasteiger partial charge in [-0.25, -0.2) is 4.68 Å². The van der Waals surface area contributed by atoms with Crippen LogP contribution in [0.1, 0.15) is 23.5 Å². The predicted octanol–water partition coefficient (Wildman–Crippen LogP) is 4.30. The summed E-state index contributed by atoms with van der Waals surface area (Å²) in [4.78, 5) is 24.9. The van der Waals surface area contributed by atoms with E-state index in [9.17, 15) is 9.59 Å². The molecule has 142 valence electrons. The summed E-state index contributed by atoms with van der Waals surface area (Å²) < 4.78 is 1.63. The molecule has 1 aromatic heterocycles. The monoisotopic (exact) mass is 414 g/mol. The number of hydrogen-bond acceptors (Lipinski definition) is 3. The number of carbonyl (C=O) groups excluding carboxylic acids is 2. The topological polar surface area (TPSA) is 76.0 Å². The number of fused-ring (bicyclic) bond motifs is 1. The third-order valence-electron chi connectivity index (χ3n) is 4.64. The van der Waals surface area contributed by atoms with Gasteiger partial charge in [-0.1, -0.05) is 53.5 Å². The molecule has 0 aliphatic carbocycles. The quantitative estimate of drug-likeness (QED) is 0.667. The zero-order valence-corrected chi connectivity index (χ0v) is 16.2. The first-order valence-corrected chi connectivity index (χ1v) is 9.43. The van der Waals surface area contributed by atoms with Crippen LogP contribution in [0.25, 0.3) is 0 Å². The number of aromatic nitrogens is 2. The Morgan fingerprint density at radius 1 is 1.18 bits per heavy atom. The fourth-order valence-corrected chi connectivity index (χ4v) is 3.64. The van der Waals surface area contributed by atoms with Crippen LogP contribution in [0, 0.1) is 0 Å². The number of anilines is 2. The van der Waals surface area contributed by atoms with Gasteiger partial charge in [0.15, 0.2) is 0 Å². The van der Waals surface area contributed by atoms with E-state index in [-0.39, 0.29) is 18.2 Å². The van der Waals surface area contributed by atoms with Gasteiger partial charge in [0.05, 0.1) is 28.7 Å². The van der Waals surface area contributed by atoms with Gasteiger partial charge in [0, 0.05) is 18.2 Å². The highest BCUT2D eigenvalue weighted by molar-refractivity contribution is 6.42. The summed E-state index contributed by atoms with van der Waals surface area (Å²) in [7, 11) is 0. The summed E-state index contributed by atoms with van der Waals surface area (Å²) in [5.74, 6) is -0.494.